The molecule has 1 atom stereocenters. The van der Waals surface area contributed by atoms with Crippen LogP contribution in [0.15, 0.2) is 79.0 Å². The van der Waals surface area contributed by atoms with E-state index < -0.39 is 0 Å². The molecule has 3 aromatic rings. The second-order valence-electron chi connectivity index (χ2n) is 5.65. The standard InChI is InChI=1S/C21H22N2O/c1-22-15-13-21(17-8-3-2-4-9-17)24-19-11-7-10-18(16-19)20-12-5-6-14-23-20/h2-12,14,16,21-22H,13,15H2,1H3. The van der Waals surface area contributed by atoms with E-state index in [1.54, 1.807) is 0 Å². The van der Waals surface area contributed by atoms with Gasteiger partial charge in [0.2, 0.25) is 0 Å². The summed E-state index contributed by atoms with van der Waals surface area (Å²) in [5.41, 5.74) is 3.21. The van der Waals surface area contributed by atoms with Crippen LogP contribution in [0, 0.1) is 0 Å². The lowest BCUT2D eigenvalue weighted by atomic mass is 10.1. The molecular formula is C21H22N2O. The van der Waals surface area contributed by atoms with E-state index in [0.717, 1.165) is 30.0 Å². The van der Waals surface area contributed by atoms with Crippen LogP contribution in [-0.4, -0.2) is 18.6 Å². The van der Waals surface area contributed by atoms with E-state index in [1.807, 2.05) is 49.6 Å². The number of nitrogens with zero attached hydrogens (tertiary/aromatic N) is 1. The van der Waals surface area contributed by atoms with Gasteiger partial charge in [-0.2, -0.15) is 0 Å². The Balaban J connectivity index is 1.82. The van der Waals surface area contributed by atoms with E-state index in [9.17, 15) is 0 Å². The summed E-state index contributed by atoms with van der Waals surface area (Å²) >= 11 is 0. The van der Waals surface area contributed by atoms with Crippen LogP contribution in [0.4, 0.5) is 0 Å². The summed E-state index contributed by atoms with van der Waals surface area (Å²) in [7, 11) is 1.96. The highest BCUT2D eigenvalue weighted by molar-refractivity contribution is 5.60. The van der Waals surface area contributed by atoms with Gasteiger partial charge in [-0.15, -0.1) is 0 Å². The molecular weight excluding hydrogens is 296 g/mol. The average Bonchev–Trinajstić information content (AvgIpc) is 2.67. The van der Waals surface area contributed by atoms with Crippen LogP contribution >= 0.6 is 0 Å². The van der Waals surface area contributed by atoms with E-state index in [-0.39, 0.29) is 6.10 Å². The third kappa shape index (κ3) is 4.21. The number of rotatable bonds is 7. The van der Waals surface area contributed by atoms with Crippen LogP contribution in [-0.2, 0) is 0 Å². The Hall–Kier alpha value is -2.65. The summed E-state index contributed by atoms with van der Waals surface area (Å²) in [6, 6.07) is 24.4. The van der Waals surface area contributed by atoms with Gasteiger partial charge in [0.1, 0.15) is 11.9 Å². The van der Waals surface area contributed by atoms with Gasteiger partial charge < -0.3 is 10.1 Å². The van der Waals surface area contributed by atoms with E-state index in [4.69, 9.17) is 4.74 Å². The molecule has 122 valence electrons. The Morgan fingerprint density at radius 3 is 2.54 bits per heavy atom. The number of hydrogen-bond acceptors (Lipinski definition) is 3. The summed E-state index contributed by atoms with van der Waals surface area (Å²) in [4.78, 5) is 4.41. The smallest absolute Gasteiger partial charge is 0.125 e. The molecule has 0 aliphatic rings. The fraction of sp³-hybridized carbons (Fsp3) is 0.190. The predicted molar refractivity (Wildman–Crippen MR) is 98.0 cm³/mol. The van der Waals surface area contributed by atoms with Gasteiger partial charge in [-0.05, 0) is 43.4 Å². The second-order valence-corrected chi connectivity index (χ2v) is 5.65. The molecule has 0 saturated heterocycles. The molecule has 0 aliphatic carbocycles. The quantitative estimate of drug-likeness (QED) is 0.697. The molecule has 0 spiro atoms. The van der Waals surface area contributed by atoms with Crippen molar-refractivity contribution >= 4 is 0 Å². The molecule has 0 bridgehead atoms. The minimum absolute atomic E-state index is 0.0256. The van der Waals surface area contributed by atoms with Crippen LogP contribution in [0.25, 0.3) is 11.3 Å². The van der Waals surface area contributed by atoms with E-state index >= 15 is 0 Å². The number of nitrogens with one attached hydrogen (secondary N) is 1. The molecule has 3 rings (SSSR count). The highest BCUT2D eigenvalue weighted by Crippen LogP contribution is 2.28. The molecule has 0 radical (unpaired) electrons. The maximum absolute atomic E-state index is 6.30. The van der Waals surface area contributed by atoms with Crippen molar-refractivity contribution in [3.8, 4) is 17.0 Å². The van der Waals surface area contributed by atoms with Crippen molar-refractivity contribution in [3.63, 3.8) is 0 Å². The molecule has 3 nitrogen and oxygen atoms in total. The maximum atomic E-state index is 6.30. The largest absolute Gasteiger partial charge is 0.486 e. The summed E-state index contributed by atoms with van der Waals surface area (Å²) in [5.74, 6) is 0.864. The van der Waals surface area contributed by atoms with Gasteiger partial charge >= 0.3 is 0 Å². The third-order valence-electron chi connectivity index (χ3n) is 3.90. The molecule has 1 heterocycles. The first-order valence-corrected chi connectivity index (χ1v) is 8.24. The summed E-state index contributed by atoms with van der Waals surface area (Å²) in [5, 5.41) is 3.20. The SMILES string of the molecule is CNCCC(Oc1cccc(-c2ccccn2)c1)c1ccccc1. The van der Waals surface area contributed by atoms with Gasteiger partial charge in [0.25, 0.3) is 0 Å². The predicted octanol–water partition coefficient (Wildman–Crippen LogP) is 4.48. The molecule has 0 amide bonds. The van der Waals surface area contributed by atoms with Crippen LogP contribution < -0.4 is 10.1 Å². The lowest BCUT2D eigenvalue weighted by Crippen LogP contribution is -2.16. The Morgan fingerprint density at radius 1 is 0.958 bits per heavy atom. The first kappa shape index (κ1) is 16.2. The topological polar surface area (TPSA) is 34.1 Å². The van der Waals surface area contributed by atoms with Crippen molar-refractivity contribution < 1.29 is 4.74 Å². The molecule has 1 unspecified atom stereocenters. The van der Waals surface area contributed by atoms with Gasteiger partial charge in [0.05, 0.1) is 5.69 Å². The van der Waals surface area contributed by atoms with Crippen LogP contribution in [0.1, 0.15) is 18.1 Å². The van der Waals surface area contributed by atoms with Gasteiger partial charge in [0, 0.05) is 18.2 Å². The van der Waals surface area contributed by atoms with Crippen molar-refractivity contribution in [1.82, 2.24) is 10.3 Å². The molecule has 1 aromatic heterocycles. The number of benzene rings is 2. The molecule has 3 heteroatoms. The first-order chi connectivity index (χ1) is 11.9. The van der Waals surface area contributed by atoms with Gasteiger partial charge in [-0.25, -0.2) is 0 Å². The first-order valence-electron chi connectivity index (χ1n) is 8.24. The maximum Gasteiger partial charge on any atom is 0.125 e. The van der Waals surface area contributed by atoms with Crippen LogP contribution in [0.5, 0.6) is 5.75 Å². The van der Waals surface area contributed by atoms with Gasteiger partial charge in [-0.1, -0.05) is 48.5 Å². The summed E-state index contributed by atoms with van der Waals surface area (Å²) in [6.07, 6.45) is 2.74. The van der Waals surface area contributed by atoms with E-state index in [0.29, 0.717) is 0 Å². The Kier molecular flexibility index (Phi) is 5.59. The molecule has 24 heavy (non-hydrogen) atoms. The second kappa shape index (κ2) is 8.27. The number of hydrogen-bond donors (Lipinski definition) is 1. The van der Waals surface area contributed by atoms with Crippen molar-refractivity contribution in [1.29, 1.82) is 0 Å². The summed E-state index contributed by atoms with van der Waals surface area (Å²) in [6.45, 7) is 0.902. The van der Waals surface area contributed by atoms with Gasteiger partial charge in [-0.3, -0.25) is 4.98 Å². The fourth-order valence-corrected chi connectivity index (χ4v) is 2.66. The van der Waals surface area contributed by atoms with E-state index in [1.165, 1.54) is 5.56 Å². The number of pyridine rings is 1. The molecule has 2 aromatic carbocycles. The van der Waals surface area contributed by atoms with Gasteiger partial charge in [0.15, 0.2) is 0 Å². The fourth-order valence-electron chi connectivity index (χ4n) is 2.66. The molecule has 0 saturated carbocycles. The summed E-state index contributed by atoms with van der Waals surface area (Å²) < 4.78 is 6.30. The lowest BCUT2D eigenvalue weighted by molar-refractivity contribution is 0.195. The zero-order valence-electron chi connectivity index (χ0n) is 13.9. The third-order valence-corrected chi connectivity index (χ3v) is 3.90. The normalized spacial score (nSPS) is 11.9. The molecule has 0 fully saturated rings. The van der Waals surface area contributed by atoms with E-state index in [2.05, 4.69) is 46.7 Å². The zero-order valence-corrected chi connectivity index (χ0v) is 13.9. The minimum Gasteiger partial charge on any atom is -0.486 e. The lowest BCUT2D eigenvalue weighted by Gasteiger charge is -2.20. The van der Waals surface area contributed by atoms with Crippen molar-refractivity contribution in [2.24, 2.45) is 0 Å². The highest BCUT2D eigenvalue weighted by atomic mass is 16.5. The molecule has 0 aliphatic heterocycles. The van der Waals surface area contributed by atoms with Crippen LogP contribution in [0.3, 0.4) is 0 Å². The number of aromatic nitrogens is 1. The monoisotopic (exact) mass is 318 g/mol. The van der Waals surface area contributed by atoms with Crippen molar-refractivity contribution in [3.05, 3.63) is 84.6 Å². The average molecular weight is 318 g/mol. The van der Waals surface area contributed by atoms with Crippen molar-refractivity contribution in [2.75, 3.05) is 13.6 Å². The Bertz CT molecular complexity index is 744. The van der Waals surface area contributed by atoms with Crippen LogP contribution in [0.2, 0.25) is 0 Å². The van der Waals surface area contributed by atoms with Crippen molar-refractivity contribution in [2.45, 2.75) is 12.5 Å². The number of ether oxygens (including phenoxy) is 1. The Labute approximate surface area is 143 Å². The zero-order chi connectivity index (χ0) is 16.6. The minimum atomic E-state index is 0.0256. The molecule has 1 N–H and O–H groups in total. The highest BCUT2D eigenvalue weighted by Gasteiger charge is 2.13. The Morgan fingerprint density at radius 2 is 1.79 bits per heavy atom.